The second-order valence-electron chi connectivity index (χ2n) is 6.23. The number of benzene rings is 2. The number of non-ortho nitro benzene ring substituents is 2. The van der Waals surface area contributed by atoms with Crippen molar-refractivity contribution in [1.29, 1.82) is 0 Å². The molecular formula is C20H16N2O5. The molecule has 136 valence electrons. The minimum atomic E-state index is -0.474. The van der Waals surface area contributed by atoms with E-state index in [1.165, 1.54) is 24.3 Å². The van der Waals surface area contributed by atoms with Crippen LogP contribution in [0.15, 0.2) is 59.7 Å². The fraction of sp³-hybridized carbons (Fsp3) is 0.150. The summed E-state index contributed by atoms with van der Waals surface area (Å²) in [5.74, 6) is -0.126. The second kappa shape index (κ2) is 7.74. The third-order valence-electron chi connectivity index (χ3n) is 4.32. The Bertz CT molecular complexity index is 914. The van der Waals surface area contributed by atoms with Crippen LogP contribution in [-0.2, 0) is 4.79 Å². The highest BCUT2D eigenvalue weighted by atomic mass is 16.6. The van der Waals surface area contributed by atoms with E-state index < -0.39 is 9.85 Å². The van der Waals surface area contributed by atoms with Crippen LogP contribution < -0.4 is 0 Å². The molecule has 0 bridgehead atoms. The van der Waals surface area contributed by atoms with Gasteiger partial charge < -0.3 is 0 Å². The summed E-state index contributed by atoms with van der Waals surface area (Å²) >= 11 is 0. The number of rotatable bonds is 4. The first-order valence-corrected chi connectivity index (χ1v) is 8.39. The molecule has 2 aromatic rings. The van der Waals surface area contributed by atoms with Gasteiger partial charge in [0, 0.05) is 35.4 Å². The van der Waals surface area contributed by atoms with E-state index in [4.69, 9.17) is 0 Å². The number of nitro groups is 2. The van der Waals surface area contributed by atoms with Gasteiger partial charge in [0.2, 0.25) is 0 Å². The fourth-order valence-electron chi connectivity index (χ4n) is 3.04. The maximum Gasteiger partial charge on any atom is 0.270 e. The van der Waals surface area contributed by atoms with Gasteiger partial charge in [-0.1, -0.05) is 24.3 Å². The van der Waals surface area contributed by atoms with Gasteiger partial charge in [-0.2, -0.15) is 0 Å². The third kappa shape index (κ3) is 4.33. The molecule has 0 radical (unpaired) electrons. The lowest BCUT2D eigenvalue weighted by molar-refractivity contribution is -0.385. The van der Waals surface area contributed by atoms with E-state index in [0.29, 0.717) is 35.1 Å². The van der Waals surface area contributed by atoms with Crippen LogP contribution in [-0.4, -0.2) is 15.6 Å². The lowest BCUT2D eigenvalue weighted by Gasteiger charge is -2.16. The summed E-state index contributed by atoms with van der Waals surface area (Å²) in [5, 5.41) is 21.8. The monoisotopic (exact) mass is 364 g/mol. The lowest BCUT2D eigenvalue weighted by atomic mass is 9.87. The molecule has 0 atom stereocenters. The van der Waals surface area contributed by atoms with Crippen LogP contribution in [0.4, 0.5) is 11.4 Å². The van der Waals surface area contributed by atoms with Crippen LogP contribution in [0.3, 0.4) is 0 Å². The van der Waals surface area contributed by atoms with Crippen molar-refractivity contribution in [2.24, 2.45) is 0 Å². The first kappa shape index (κ1) is 18.2. The molecule has 0 saturated heterocycles. The summed E-state index contributed by atoms with van der Waals surface area (Å²) in [6.45, 7) is 0. The number of nitro benzene ring substituents is 2. The van der Waals surface area contributed by atoms with Gasteiger partial charge in [-0.25, -0.2) is 0 Å². The molecule has 2 aromatic carbocycles. The molecule has 1 aliphatic carbocycles. The molecule has 7 nitrogen and oxygen atoms in total. The molecule has 27 heavy (non-hydrogen) atoms. The summed E-state index contributed by atoms with van der Waals surface area (Å²) in [4.78, 5) is 33.6. The van der Waals surface area contributed by atoms with Gasteiger partial charge >= 0.3 is 0 Å². The van der Waals surface area contributed by atoms with E-state index >= 15 is 0 Å². The molecule has 7 heteroatoms. The number of Topliss-reactive ketones (excluding diaryl/α,β-unsaturated/α-hetero) is 1. The average Bonchev–Trinajstić information content (AvgIpc) is 2.65. The molecular weight excluding hydrogens is 348 g/mol. The van der Waals surface area contributed by atoms with Crippen LogP contribution in [0.25, 0.3) is 12.2 Å². The Hall–Kier alpha value is -3.61. The van der Waals surface area contributed by atoms with Crippen molar-refractivity contribution in [3.8, 4) is 0 Å². The smallest absolute Gasteiger partial charge is 0.270 e. The van der Waals surface area contributed by atoms with E-state index in [2.05, 4.69) is 0 Å². The third-order valence-corrected chi connectivity index (χ3v) is 4.32. The Labute approximate surface area is 154 Å². The molecule has 0 N–H and O–H groups in total. The fourth-order valence-corrected chi connectivity index (χ4v) is 3.04. The molecule has 0 spiro atoms. The van der Waals surface area contributed by atoms with Gasteiger partial charge in [-0.05, 0) is 42.5 Å². The maximum absolute atomic E-state index is 12.8. The minimum absolute atomic E-state index is 0.0278. The Kier molecular flexibility index (Phi) is 5.21. The van der Waals surface area contributed by atoms with Gasteiger partial charge in [-0.3, -0.25) is 25.0 Å². The number of nitrogens with zero attached hydrogens (tertiary/aromatic N) is 2. The van der Waals surface area contributed by atoms with Gasteiger partial charge in [0.05, 0.1) is 9.85 Å². The van der Waals surface area contributed by atoms with Crippen molar-refractivity contribution < 1.29 is 14.6 Å². The van der Waals surface area contributed by atoms with E-state index in [1.807, 2.05) is 0 Å². The predicted octanol–water partition coefficient (Wildman–Crippen LogP) is 4.72. The topological polar surface area (TPSA) is 103 Å². The first-order valence-electron chi connectivity index (χ1n) is 8.39. The molecule has 0 amide bonds. The molecule has 0 heterocycles. The number of carbonyl (C=O) groups excluding carboxylic acids is 1. The quantitative estimate of drug-likeness (QED) is 0.443. The molecule has 3 rings (SSSR count). The largest absolute Gasteiger partial charge is 0.289 e. The van der Waals surface area contributed by atoms with E-state index in [-0.39, 0.29) is 17.2 Å². The van der Waals surface area contributed by atoms with Crippen molar-refractivity contribution in [2.45, 2.75) is 19.3 Å². The van der Waals surface area contributed by atoms with E-state index in [9.17, 15) is 25.0 Å². The number of ketones is 1. The molecule has 0 aromatic heterocycles. The lowest BCUT2D eigenvalue weighted by Crippen LogP contribution is -2.12. The normalized spacial score (nSPS) is 17.3. The Morgan fingerprint density at radius 1 is 0.778 bits per heavy atom. The number of hydrogen-bond acceptors (Lipinski definition) is 5. The Morgan fingerprint density at radius 2 is 1.22 bits per heavy atom. The highest BCUT2D eigenvalue weighted by Crippen LogP contribution is 2.29. The first-order chi connectivity index (χ1) is 12.9. The van der Waals surface area contributed by atoms with E-state index in [1.54, 1.807) is 36.4 Å². The van der Waals surface area contributed by atoms with Crippen molar-refractivity contribution in [1.82, 2.24) is 0 Å². The molecule has 1 saturated carbocycles. The van der Waals surface area contributed by atoms with Gasteiger partial charge in [0.15, 0.2) is 5.78 Å². The number of allylic oxidation sites excluding steroid dienone is 2. The summed E-state index contributed by atoms with van der Waals surface area (Å²) in [7, 11) is 0. The maximum atomic E-state index is 12.8. The van der Waals surface area contributed by atoms with E-state index in [0.717, 1.165) is 6.42 Å². The van der Waals surface area contributed by atoms with Crippen molar-refractivity contribution in [3.63, 3.8) is 0 Å². The van der Waals surface area contributed by atoms with Crippen LogP contribution in [0.1, 0.15) is 30.4 Å². The van der Waals surface area contributed by atoms with Crippen LogP contribution in [0.5, 0.6) is 0 Å². The van der Waals surface area contributed by atoms with Crippen molar-refractivity contribution in [3.05, 3.63) is 91.0 Å². The molecule has 1 aliphatic rings. The van der Waals surface area contributed by atoms with Crippen LogP contribution >= 0.6 is 0 Å². The highest BCUT2D eigenvalue weighted by Gasteiger charge is 2.21. The second-order valence-corrected chi connectivity index (χ2v) is 6.23. The minimum Gasteiger partial charge on any atom is -0.289 e. The van der Waals surface area contributed by atoms with Crippen LogP contribution in [0, 0.1) is 20.2 Å². The molecule has 0 aliphatic heterocycles. The SMILES string of the molecule is O=C1/C(=C\c2cccc([N+](=O)[O-])c2)CCC/C1=C\c1cccc([N+](=O)[O-])c1. The summed E-state index contributed by atoms with van der Waals surface area (Å²) in [6.07, 6.45) is 5.31. The Morgan fingerprint density at radius 3 is 1.63 bits per heavy atom. The standard InChI is InChI=1S/C20H16N2O5/c23-20-16(10-14-4-1-8-18(12-14)21(24)25)6-3-7-17(20)11-15-5-2-9-19(13-15)22(26)27/h1-2,4-5,8-13H,3,6-7H2/b16-10-,17-11+. The van der Waals surface area contributed by atoms with Crippen molar-refractivity contribution in [2.75, 3.05) is 0 Å². The summed E-state index contributed by atoms with van der Waals surface area (Å²) in [6, 6.07) is 12.3. The van der Waals surface area contributed by atoms with Gasteiger partial charge in [0.25, 0.3) is 11.4 Å². The van der Waals surface area contributed by atoms with Gasteiger partial charge in [0.1, 0.15) is 0 Å². The highest BCUT2D eigenvalue weighted by molar-refractivity contribution is 6.14. The Balaban J connectivity index is 1.90. The predicted molar refractivity (Wildman–Crippen MR) is 101 cm³/mol. The summed E-state index contributed by atoms with van der Waals surface area (Å²) in [5.41, 5.74) is 2.31. The number of carbonyl (C=O) groups is 1. The average molecular weight is 364 g/mol. The zero-order valence-electron chi connectivity index (χ0n) is 14.3. The zero-order chi connectivity index (χ0) is 19.4. The van der Waals surface area contributed by atoms with Crippen molar-refractivity contribution >= 4 is 29.3 Å². The number of hydrogen-bond donors (Lipinski definition) is 0. The molecule has 1 fully saturated rings. The van der Waals surface area contributed by atoms with Gasteiger partial charge in [-0.15, -0.1) is 0 Å². The zero-order valence-corrected chi connectivity index (χ0v) is 14.3. The summed E-state index contributed by atoms with van der Waals surface area (Å²) < 4.78 is 0. The molecule has 0 unspecified atom stereocenters. The van der Waals surface area contributed by atoms with Crippen LogP contribution in [0.2, 0.25) is 0 Å².